The highest BCUT2D eigenvalue weighted by Gasteiger charge is 2.41. The standard InChI is InChI=1S/C18H29NO/c1-13-6-8-18(20-5,9-7-13)17(19-4)16-11-14(2)10-15(3)12-16/h10-13,17,19H,6-9H2,1-5H3. The van der Waals surface area contributed by atoms with Crippen LogP contribution < -0.4 is 5.32 Å². The van der Waals surface area contributed by atoms with Gasteiger partial charge in [0.05, 0.1) is 11.6 Å². The summed E-state index contributed by atoms with van der Waals surface area (Å²) in [6.45, 7) is 6.70. The molecule has 1 atom stereocenters. The van der Waals surface area contributed by atoms with Crippen LogP contribution in [0.15, 0.2) is 18.2 Å². The molecule has 1 aliphatic carbocycles. The van der Waals surface area contributed by atoms with E-state index in [1.165, 1.54) is 29.5 Å². The van der Waals surface area contributed by atoms with Gasteiger partial charge >= 0.3 is 0 Å². The lowest BCUT2D eigenvalue weighted by Gasteiger charge is -2.44. The van der Waals surface area contributed by atoms with Gasteiger partial charge in [0.2, 0.25) is 0 Å². The Balaban J connectivity index is 2.34. The molecule has 1 aromatic carbocycles. The normalized spacial score (nSPS) is 28.4. The largest absolute Gasteiger partial charge is 0.376 e. The first-order chi connectivity index (χ1) is 9.50. The molecule has 1 aliphatic rings. The van der Waals surface area contributed by atoms with Crippen LogP contribution in [0.1, 0.15) is 55.3 Å². The molecular formula is C18H29NO. The zero-order chi connectivity index (χ0) is 14.8. The van der Waals surface area contributed by atoms with Gasteiger partial charge in [0, 0.05) is 7.11 Å². The number of likely N-dealkylation sites (N-methyl/N-ethyl adjacent to an activating group) is 1. The number of nitrogens with one attached hydrogen (secondary N) is 1. The SMILES string of the molecule is CNC(c1cc(C)cc(C)c1)C1(OC)CCC(C)CC1. The third-order valence-corrected chi connectivity index (χ3v) is 4.92. The van der Waals surface area contributed by atoms with E-state index in [4.69, 9.17) is 4.74 Å². The molecule has 1 fully saturated rings. The minimum Gasteiger partial charge on any atom is -0.376 e. The second-order valence-corrected chi connectivity index (χ2v) is 6.59. The molecule has 20 heavy (non-hydrogen) atoms. The molecule has 0 saturated heterocycles. The van der Waals surface area contributed by atoms with Crippen LogP contribution in [0.4, 0.5) is 0 Å². The van der Waals surface area contributed by atoms with E-state index in [-0.39, 0.29) is 11.6 Å². The molecule has 112 valence electrons. The first-order valence-electron chi connectivity index (χ1n) is 7.81. The van der Waals surface area contributed by atoms with Crippen molar-refractivity contribution in [3.05, 3.63) is 34.9 Å². The Bertz CT molecular complexity index is 426. The quantitative estimate of drug-likeness (QED) is 0.891. The zero-order valence-corrected chi connectivity index (χ0v) is 13.6. The maximum Gasteiger partial charge on any atom is 0.0872 e. The fourth-order valence-electron chi connectivity index (χ4n) is 3.77. The summed E-state index contributed by atoms with van der Waals surface area (Å²) >= 11 is 0. The maximum atomic E-state index is 6.05. The lowest BCUT2D eigenvalue weighted by Crippen LogP contribution is -2.47. The van der Waals surface area contributed by atoms with Gasteiger partial charge < -0.3 is 10.1 Å². The van der Waals surface area contributed by atoms with Gasteiger partial charge in [-0.25, -0.2) is 0 Å². The van der Waals surface area contributed by atoms with Crippen LogP contribution in [0.2, 0.25) is 0 Å². The van der Waals surface area contributed by atoms with Crippen LogP contribution in [-0.2, 0) is 4.74 Å². The van der Waals surface area contributed by atoms with E-state index < -0.39 is 0 Å². The zero-order valence-electron chi connectivity index (χ0n) is 13.6. The van der Waals surface area contributed by atoms with Crippen molar-refractivity contribution in [1.82, 2.24) is 5.32 Å². The monoisotopic (exact) mass is 275 g/mol. The van der Waals surface area contributed by atoms with Crippen LogP contribution in [0.5, 0.6) is 0 Å². The van der Waals surface area contributed by atoms with Gasteiger partial charge in [-0.05, 0) is 58.1 Å². The van der Waals surface area contributed by atoms with E-state index in [0.717, 1.165) is 18.8 Å². The molecule has 1 unspecified atom stereocenters. The second kappa shape index (κ2) is 6.28. The van der Waals surface area contributed by atoms with E-state index in [1.807, 2.05) is 7.11 Å². The molecular weight excluding hydrogens is 246 g/mol. The van der Waals surface area contributed by atoms with Gasteiger partial charge in [-0.1, -0.05) is 36.2 Å². The molecule has 1 N–H and O–H groups in total. The Hall–Kier alpha value is -0.860. The minimum atomic E-state index is -0.0541. The summed E-state index contributed by atoms with van der Waals surface area (Å²) in [7, 11) is 3.93. The van der Waals surface area contributed by atoms with Gasteiger partial charge in [0.1, 0.15) is 0 Å². The molecule has 0 amide bonds. The number of methoxy groups -OCH3 is 1. The van der Waals surface area contributed by atoms with Crippen molar-refractivity contribution in [2.24, 2.45) is 5.92 Å². The summed E-state index contributed by atoms with van der Waals surface area (Å²) in [4.78, 5) is 0. The van der Waals surface area contributed by atoms with Crippen LogP contribution in [0.25, 0.3) is 0 Å². The van der Waals surface area contributed by atoms with Crippen LogP contribution in [0, 0.1) is 19.8 Å². The predicted octanol–water partition coefficient (Wildman–Crippen LogP) is 4.16. The third kappa shape index (κ3) is 3.07. The minimum absolute atomic E-state index is 0.0541. The lowest BCUT2D eigenvalue weighted by atomic mass is 9.73. The molecule has 0 spiro atoms. The van der Waals surface area contributed by atoms with E-state index in [1.54, 1.807) is 0 Å². The Labute approximate surface area is 123 Å². The van der Waals surface area contributed by atoms with E-state index in [2.05, 4.69) is 51.3 Å². The summed E-state index contributed by atoms with van der Waals surface area (Å²) in [5.74, 6) is 0.829. The lowest BCUT2D eigenvalue weighted by molar-refractivity contribution is -0.0745. The van der Waals surface area contributed by atoms with Crippen molar-refractivity contribution in [2.75, 3.05) is 14.2 Å². The molecule has 0 heterocycles. The Morgan fingerprint density at radius 2 is 1.70 bits per heavy atom. The van der Waals surface area contributed by atoms with Gasteiger partial charge in [-0.15, -0.1) is 0 Å². The predicted molar refractivity (Wildman–Crippen MR) is 85.1 cm³/mol. The highest BCUT2D eigenvalue weighted by Crippen LogP contribution is 2.43. The summed E-state index contributed by atoms with van der Waals surface area (Å²) in [5.41, 5.74) is 3.97. The average molecular weight is 275 g/mol. The van der Waals surface area contributed by atoms with Gasteiger partial charge in [-0.2, -0.15) is 0 Å². The molecule has 1 saturated carbocycles. The Morgan fingerprint density at radius 3 is 2.15 bits per heavy atom. The summed E-state index contributed by atoms with van der Waals surface area (Å²) in [5, 5.41) is 3.52. The molecule has 0 aromatic heterocycles. The van der Waals surface area contributed by atoms with Crippen molar-refractivity contribution in [1.29, 1.82) is 0 Å². The summed E-state index contributed by atoms with van der Waals surface area (Å²) < 4.78 is 6.05. The highest BCUT2D eigenvalue weighted by molar-refractivity contribution is 5.32. The first-order valence-corrected chi connectivity index (χ1v) is 7.81. The maximum absolute atomic E-state index is 6.05. The van der Waals surface area contributed by atoms with E-state index >= 15 is 0 Å². The molecule has 2 heteroatoms. The smallest absolute Gasteiger partial charge is 0.0872 e. The van der Waals surface area contributed by atoms with E-state index in [0.29, 0.717) is 0 Å². The Kier molecular flexibility index (Phi) is 4.87. The molecule has 2 nitrogen and oxygen atoms in total. The van der Waals surface area contributed by atoms with Crippen molar-refractivity contribution in [2.45, 2.75) is 58.1 Å². The van der Waals surface area contributed by atoms with Crippen molar-refractivity contribution in [3.8, 4) is 0 Å². The number of rotatable bonds is 4. The fraction of sp³-hybridized carbons (Fsp3) is 0.667. The molecule has 0 bridgehead atoms. The third-order valence-electron chi connectivity index (χ3n) is 4.92. The number of ether oxygens (including phenoxy) is 1. The number of benzene rings is 1. The van der Waals surface area contributed by atoms with Gasteiger partial charge in [0.15, 0.2) is 0 Å². The van der Waals surface area contributed by atoms with E-state index in [9.17, 15) is 0 Å². The molecule has 1 aromatic rings. The van der Waals surface area contributed by atoms with Crippen molar-refractivity contribution >= 4 is 0 Å². The second-order valence-electron chi connectivity index (χ2n) is 6.59. The average Bonchev–Trinajstić information content (AvgIpc) is 2.41. The van der Waals surface area contributed by atoms with Crippen LogP contribution in [0.3, 0.4) is 0 Å². The van der Waals surface area contributed by atoms with Gasteiger partial charge in [-0.3, -0.25) is 0 Å². The number of aryl methyl sites for hydroxylation is 2. The topological polar surface area (TPSA) is 21.3 Å². The fourth-order valence-corrected chi connectivity index (χ4v) is 3.77. The highest BCUT2D eigenvalue weighted by atomic mass is 16.5. The van der Waals surface area contributed by atoms with Crippen LogP contribution >= 0.6 is 0 Å². The summed E-state index contributed by atoms with van der Waals surface area (Å²) in [6, 6.07) is 7.11. The van der Waals surface area contributed by atoms with Gasteiger partial charge in [0.25, 0.3) is 0 Å². The van der Waals surface area contributed by atoms with Crippen molar-refractivity contribution in [3.63, 3.8) is 0 Å². The summed E-state index contributed by atoms with van der Waals surface area (Å²) in [6.07, 6.45) is 4.81. The molecule has 0 aliphatic heterocycles. The number of hydrogen-bond acceptors (Lipinski definition) is 2. The van der Waals surface area contributed by atoms with Crippen LogP contribution in [-0.4, -0.2) is 19.8 Å². The van der Waals surface area contributed by atoms with Crippen molar-refractivity contribution < 1.29 is 4.74 Å². The molecule has 2 rings (SSSR count). The number of hydrogen-bond donors (Lipinski definition) is 1. The first kappa shape index (κ1) is 15.5. The Morgan fingerprint density at radius 1 is 1.15 bits per heavy atom. The molecule has 0 radical (unpaired) electrons.